The fourth-order valence-corrected chi connectivity index (χ4v) is 3.06. The van der Waals surface area contributed by atoms with Gasteiger partial charge < -0.3 is 15.1 Å². The summed E-state index contributed by atoms with van der Waals surface area (Å²) in [5.41, 5.74) is 1.12. The molecule has 4 nitrogen and oxygen atoms in total. The first kappa shape index (κ1) is 17.5. The van der Waals surface area contributed by atoms with Gasteiger partial charge in [-0.3, -0.25) is 4.79 Å². The summed E-state index contributed by atoms with van der Waals surface area (Å²) in [5, 5.41) is 5.92. The molecule has 0 bridgehead atoms. The molecule has 2 N–H and O–H groups in total. The second kappa shape index (κ2) is 7.31. The molecule has 1 aliphatic heterocycles. The van der Waals surface area contributed by atoms with Gasteiger partial charge in [0.1, 0.15) is 5.76 Å². The zero-order valence-corrected chi connectivity index (χ0v) is 13.5. The topological polar surface area (TPSA) is 54.3 Å². The highest BCUT2D eigenvalue weighted by Crippen LogP contribution is 2.35. The third-order valence-corrected chi connectivity index (χ3v) is 4.38. The number of hydrogen-bond donors (Lipinski definition) is 2. The van der Waals surface area contributed by atoms with Crippen molar-refractivity contribution in [1.82, 2.24) is 10.6 Å². The molecule has 0 unspecified atom stereocenters. The summed E-state index contributed by atoms with van der Waals surface area (Å²) in [5.74, 6) is -1.84. The predicted molar refractivity (Wildman–Crippen MR) is 86.0 cm³/mol. The second-order valence-corrected chi connectivity index (χ2v) is 6.10. The van der Waals surface area contributed by atoms with E-state index in [0.717, 1.165) is 11.6 Å². The molecule has 0 aliphatic carbocycles. The van der Waals surface area contributed by atoms with E-state index in [1.54, 1.807) is 0 Å². The van der Waals surface area contributed by atoms with Crippen molar-refractivity contribution in [2.75, 3.05) is 19.6 Å². The number of rotatable bonds is 5. The van der Waals surface area contributed by atoms with Crippen molar-refractivity contribution < 1.29 is 22.4 Å². The third-order valence-electron chi connectivity index (χ3n) is 4.38. The van der Waals surface area contributed by atoms with Crippen LogP contribution in [0.15, 0.2) is 46.9 Å². The van der Waals surface area contributed by atoms with Crippen molar-refractivity contribution in [3.8, 4) is 0 Å². The van der Waals surface area contributed by atoms with E-state index < -0.39 is 23.8 Å². The van der Waals surface area contributed by atoms with Gasteiger partial charge in [-0.15, -0.1) is 0 Å². The van der Waals surface area contributed by atoms with Gasteiger partial charge >= 0.3 is 6.18 Å². The highest BCUT2D eigenvalue weighted by Gasteiger charge is 2.39. The lowest BCUT2D eigenvalue weighted by atomic mass is 9.93. The molecule has 7 heteroatoms. The van der Waals surface area contributed by atoms with Gasteiger partial charge in [0.2, 0.25) is 11.7 Å². The number of hydrogen-bond acceptors (Lipinski definition) is 3. The summed E-state index contributed by atoms with van der Waals surface area (Å²) in [6.45, 7) is 1.32. The van der Waals surface area contributed by atoms with E-state index in [2.05, 4.69) is 10.6 Å². The maximum absolute atomic E-state index is 12.7. The van der Waals surface area contributed by atoms with Crippen LogP contribution in [0.2, 0.25) is 0 Å². The summed E-state index contributed by atoms with van der Waals surface area (Å²) in [6, 6.07) is 12.0. The van der Waals surface area contributed by atoms with Crippen molar-refractivity contribution in [2.24, 2.45) is 5.92 Å². The minimum Gasteiger partial charge on any atom is -0.456 e. The Morgan fingerprint density at radius 2 is 1.92 bits per heavy atom. The number of benzene rings is 1. The van der Waals surface area contributed by atoms with Crippen LogP contribution in [0, 0.1) is 5.92 Å². The number of alkyl halides is 3. The Kier molecular flexibility index (Phi) is 5.13. The van der Waals surface area contributed by atoms with Gasteiger partial charge in [-0.05, 0) is 24.1 Å². The first-order valence-electron chi connectivity index (χ1n) is 8.14. The summed E-state index contributed by atoms with van der Waals surface area (Å²) >= 11 is 0. The molecule has 1 aromatic carbocycles. The molecule has 25 heavy (non-hydrogen) atoms. The standard InChI is InChI=1S/C18H19F3N2O2/c19-18(20,21)16-7-6-15(25-16)13-10-22-11-14(13)17(24)23-9-8-12-4-2-1-3-5-12/h1-7,13-14,22H,8-11H2,(H,23,24)/t13-,14-/m1/s1. The molecule has 0 spiro atoms. The average molecular weight is 352 g/mol. The summed E-state index contributed by atoms with van der Waals surface area (Å²) in [7, 11) is 0. The zero-order chi connectivity index (χ0) is 17.9. The normalized spacial score (nSPS) is 20.6. The zero-order valence-electron chi connectivity index (χ0n) is 13.5. The minimum absolute atomic E-state index is 0.170. The lowest BCUT2D eigenvalue weighted by Crippen LogP contribution is -2.35. The first-order valence-corrected chi connectivity index (χ1v) is 8.14. The van der Waals surface area contributed by atoms with Crippen LogP contribution in [0.1, 0.15) is 23.0 Å². The molecule has 0 saturated carbocycles. The van der Waals surface area contributed by atoms with Gasteiger partial charge in [-0.25, -0.2) is 0 Å². The fraction of sp³-hybridized carbons (Fsp3) is 0.389. The summed E-state index contributed by atoms with van der Waals surface area (Å²) in [4.78, 5) is 12.4. The molecular weight excluding hydrogens is 333 g/mol. The Hall–Kier alpha value is -2.28. The lowest BCUT2D eigenvalue weighted by Gasteiger charge is -2.16. The SMILES string of the molecule is O=C(NCCc1ccccc1)[C@@H]1CNC[C@H]1c1ccc(C(F)(F)F)o1. The van der Waals surface area contributed by atoms with E-state index in [9.17, 15) is 18.0 Å². The van der Waals surface area contributed by atoms with E-state index in [-0.39, 0.29) is 11.7 Å². The molecule has 1 fully saturated rings. The minimum atomic E-state index is -4.52. The van der Waals surface area contributed by atoms with Crippen molar-refractivity contribution in [3.63, 3.8) is 0 Å². The molecule has 1 amide bonds. The Morgan fingerprint density at radius 1 is 1.16 bits per heavy atom. The van der Waals surface area contributed by atoms with Crippen LogP contribution in [-0.2, 0) is 17.4 Å². The molecule has 2 heterocycles. The van der Waals surface area contributed by atoms with Gasteiger partial charge in [-0.2, -0.15) is 13.2 Å². The van der Waals surface area contributed by atoms with E-state index in [4.69, 9.17) is 4.42 Å². The molecular formula is C18H19F3N2O2. The number of carbonyl (C=O) groups is 1. The molecule has 134 valence electrons. The average Bonchev–Trinajstić information content (AvgIpc) is 3.24. The highest BCUT2D eigenvalue weighted by molar-refractivity contribution is 5.80. The fourth-order valence-electron chi connectivity index (χ4n) is 3.06. The lowest BCUT2D eigenvalue weighted by molar-refractivity contribution is -0.153. The van der Waals surface area contributed by atoms with Crippen molar-refractivity contribution in [2.45, 2.75) is 18.5 Å². The van der Waals surface area contributed by atoms with Crippen LogP contribution in [0.3, 0.4) is 0 Å². The number of nitrogens with one attached hydrogen (secondary N) is 2. The molecule has 1 aliphatic rings. The van der Waals surface area contributed by atoms with Gasteiger partial charge in [0.15, 0.2) is 0 Å². The van der Waals surface area contributed by atoms with Crippen molar-refractivity contribution >= 4 is 5.91 Å². The second-order valence-electron chi connectivity index (χ2n) is 6.10. The molecule has 2 aromatic rings. The maximum Gasteiger partial charge on any atom is 0.449 e. The number of carbonyl (C=O) groups excluding carboxylic acids is 1. The predicted octanol–water partition coefficient (Wildman–Crippen LogP) is 2.96. The third kappa shape index (κ3) is 4.22. The maximum atomic E-state index is 12.7. The summed E-state index contributed by atoms with van der Waals surface area (Å²) in [6.07, 6.45) is -3.81. The quantitative estimate of drug-likeness (QED) is 0.870. The summed E-state index contributed by atoms with van der Waals surface area (Å²) < 4.78 is 43.0. The molecule has 1 aromatic heterocycles. The monoisotopic (exact) mass is 352 g/mol. The van der Waals surface area contributed by atoms with E-state index in [1.165, 1.54) is 6.07 Å². The number of halogens is 3. The van der Waals surface area contributed by atoms with Crippen LogP contribution < -0.4 is 10.6 Å². The van der Waals surface area contributed by atoms with Gasteiger partial charge in [0.25, 0.3) is 0 Å². The Morgan fingerprint density at radius 3 is 2.60 bits per heavy atom. The van der Waals surface area contributed by atoms with Crippen molar-refractivity contribution in [1.29, 1.82) is 0 Å². The smallest absolute Gasteiger partial charge is 0.449 e. The Bertz CT molecular complexity index is 713. The van der Waals surface area contributed by atoms with E-state index in [0.29, 0.717) is 26.1 Å². The largest absolute Gasteiger partial charge is 0.456 e. The number of amides is 1. The van der Waals surface area contributed by atoms with E-state index in [1.807, 2.05) is 30.3 Å². The molecule has 2 atom stereocenters. The van der Waals surface area contributed by atoms with Crippen LogP contribution >= 0.6 is 0 Å². The van der Waals surface area contributed by atoms with Crippen molar-refractivity contribution in [3.05, 3.63) is 59.5 Å². The Balaban J connectivity index is 1.59. The van der Waals surface area contributed by atoms with Gasteiger partial charge in [0.05, 0.1) is 5.92 Å². The molecule has 3 rings (SSSR count). The van der Waals surface area contributed by atoms with Crippen LogP contribution in [0.4, 0.5) is 13.2 Å². The molecule has 1 saturated heterocycles. The van der Waals surface area contributed by atoms with Gasteiger partial charge in [0, 0.05) is 25.6 Å². The first-order chi connectivity index (χ1) is 11.9. The highest BCUT2D eigenvalue weighted by atomic mass is 19.4. The number of furan rings is 1. The Labute approximate surface area is 143 Å². The van der Waals surface area contributed by atoms with E-state index >= 15 is 0 Å². The molecule has 0 radical (unpaired) electrons. The van der Waals surface area contributed by atoms with Crippen LogP contribution in [-0.4, -0.2) is 25.5 Å². The van der Waals surface area contributed by atoms with Crippen LogP contribution in [0.25, 0.3) is 0 Å². The van der Waals surface area contributed by atoms with Crippen LogP contribution in [0.5, 0.6) is 0 Å². The van der Waals surface area contributed by atoms with Gasteiger partial charge in [-0.1, -0.05) is 30.3 Å².